The molecule has 0 spiro atoms. The fraction of sp³-hybridized carbons (Fsp3) is 0.483. The summed E-state index contributed by atoms with van der Waals surface area (Å²) < 4.78 is 0. The molecule has 2 unspecified atom stereocenters. The summed E-state index contributed by atoms with van der Waals surface area (Å²) in [5.74, 6) is -1.36. The molecular formula is C29H38N4O4. The number of hydrazine groups is 1. The number of nitrogens with two attached hydrogens (primary N) is 1. The van der Waals surface area contributed by atoms with Crippen LogP contribution in [0.1, 0.15) is 79.8 Å². The van der Waals surface area contributed by atoms with Gasteiger partial charge in [-0.2, -0.15) is 0 Å². The molecule has 2 bridgehead atoms. The average molecular weight is 507 g/mol. The predicted octanol–water partition coefficient (Wildman–Crippen LogP) is 3.37. The van der Waals surface area contributed by atoms with Crippen LogP contribution in [0.2, 0.25) is 0 Å². The molecule has 8 heteroatoms. The van der Waals surface area contributed by atoms with E-state index in [0.717, 1.165) is 44.1 Å². The van der Waals surface area contributed by atoms with E-state index in [-0.39, 0.29) is 29.8 Å². The predicted molar refractivity (Wildman–Crippen MR) is 142 cm³/mol. The zero-order chi connectivity index (χ0) is 26.6. The van der Waals surface area contributed by atoms with Gasteiger partial charge >= 0.3 is 5.97 Å². The lowest BCUT2D eigenvalue weighted by Crippen LogP contribution is -2.60. The van der Waals surface area contributed by atoms with Gasteiger partial charge < -0.3 is 16.2 Å². The van der Waals surface area contributed by atoms with Crippen molar-refractivity contribution in [2.24, 2.45) is 5.73 Å². The second kappa shape index (κ2) is 11.4. The van der Waals surface area contributed by atoms with Crippen LogP contribution in [0.25, 0.3) is 0 Å². The van der Waals surface area contributed by atoms with Gasteiger partial charge in [0.25, 0.3) is 5.91 Å². The van der Waals surface area contributed by atoms with Gasteiger partial charge in [-0.25, -0.2) is 9.80 Å². The number of hydrogen-bond acceptors (Lipinski definition) is 5. The third-order valence-electron chi connectivity index (χ3n) is 7.61. The van der Waals surface area contributed by atoms with Crippen molar-refractivity contribution >= 4 is 17.8 Å². The van der Waals surface area contributed by atoms with E-state index in [9.17, 15) is 19.5 Å². The van der Waals surface area contributed by atoms with E-state index in [1.807, 2.05) is 35.3 Å². The molecule has 0 aliphatic carbocycles. The van der Waals surface area contributed by atoms with Crippen molar-refractivity contribution in [2.45, 2.75) is 88.4 Å². The van der Waals surface area contributed by atoms with Crippen LogP contribution in [0, 0.1) is 0 Å². The van der Waals surface area contributed by atoms with Crippen LogP contribution >= 0.6 is 0 Å². The largest absolute Gasteiger partial charge is 0.478 e. The van der Waals surface area contributed by atoms with E-state index in [2.05, 4.69) is 22.9 Å². The number of hydrogen-bond donors (Lipinski definition) is 4. The third kappa shape index (κ3) is 6.56. The number of carboxylic acids is 1. The molecule has 198 valence electrons. The van der Waals surface area contributed by atoms with Crippen LogP contribution < -0.4 is 16.5 Å². The number of aryl methyl sites for hydroxylation is 1. The van der Waals surface area contributed by atoms with Crippen LogP contribution in [0.15, 0.2) is 54.6 Å². The van der Waals surface area contributed by atoms with E-state index >= 15 is 0 Å². The molecule has 37 heavy (non-hydrogen) atoms. The van der Waals surface area contributed by atoms with Crippen molar-refractivity contribution in [2.75, 3.05) is 0 Å². The second-order valence-electron chi connectivity index (χ2n) is 11.0. The van der Waals surface area contributed by atoms with Gasteiger partial charge in [0.1, 0.15) is 6.04 Å². The zero-order valence-corrected chi connectivity index (χ0v) is 21.7. The van der Waals surface area contributed by atoms with Crippen LogP contribution in [0.5, 0.6) is 0 Å². The molecule has 5 N–H and O–H groups in total. The second-order valence-corrected chi connectivity index (χ2v) is 11.0. The van der Waals surface area contributed by atoms with Gasteiger partial charge in [0.2, 0.25) is 5.91 Å². The quantitative estimate of drug-likeness (QED) is 0.392. The molecule has 2 aliphatic rings. The maximum atomic E-state index is 13.4. The molecule has 2 saturated heterocycles. The van der Waals surface area contributed by atoms with Gasteiger partial charge in [-0.3, -0.25) is 15.0 Å². The molecule has 0 aromatic heterocycles. The van der Waals surface area contributed by atoms with Crippen molar-refractivity contribution in [3.05, 3.63) is 71.3 Å². The Kier molecular flexibility index (Phi) is 8.29. The lowest BCUT2D eigenvalue weighted by Gasteiger charge is -2.40. The highest BCUT2D eigenvalue weighted by Gasteiger charge is 2.43. The van der Waals surface area contributed by atoms with Crippen LogP contribution in [-0.2, 0) is 16.0 Å². The van der Waals surface area contributed by atoms with E-state index in [1.165, 1.54) is 5.56 Å². The third-order valence-corrected chi connectivity index (χ3v) is 7.61. The number of rotatable bonds is 10. The summed E-state index contributed by atoms with van der Waals surface area (Å²) in [4.78, 5) is 37.9. The minimum absolute atomic E-state index is 0.126. The maximum Gasteiger partial charge on any atom is 0.335 e. The Labute approximate surface area is 218 Å². The molecular weight excluding hydrogens is 468 g/mol. The first kappa shape index (κ1) is 26.8. The summed E-state index contributed by atoms with van der Waals surface area (Å²) in [6.07, 6.45) is 5.50. The highest BCUT2D eigenvalue weighted by atomic mass is 16.4. The molecule has 8 nitrogen and oxygen atoms in total. The van der Waals surface area contributed by atoms with Crippen molar-refractivity contribution in [1.29, 1.82) is 0 Å². The van der Waals surface area contributed by atoms with E-state index in [1.54, 1.807) is 26.0 Å². The number of aromatic carboxylic acids is 1. The summed E-state index contributed by atoms with van der Waals surface area (Å²) in [6, 6.07) is 16.9. The average Bonchev–Trinajstić information content (AvgIpc) is 3.09. The number of piperidine rings is 1. The fourth-order valence-electron chi connectivity index (χ4n) is 5.63. The summed E-state index contributed by atoms with van der Waals surface area (Å²) in [5, 5.41) is 14.6. The lowest BCUT2D eigenvalue weighted by atomic mass is 9.83. The van der Waals surface area contributed by atoms with E-state index in [4.69, 9.17) is 5.73 Å². The number of nitrogens with zero attached hydrogens (tertiary/aromatic N) is 1. The van der Waals surface area contributed by atoms with Gasteiger partial charge in [-0.15, -0.1) is 0 Å². The van der Waals surface area contributed by atoms with Gasteiger partial charge in [-0.1, -0.05) is 48.5 Å². The first-order chi connectivity index (χ1) is 17.6. The molecule has 2 fully saturated rings. The number of benzene rings is 2. The summed E-state index contributed by atoms with van der Waals surface area (Å²) in [5.41, 5.74) is 10.4. The van der Waals surface area contributed by atoms with Crippen LogP contribution in [-0.4, -0.2) is 51.6 Å². The summed E-state index contributed by atoms with van der Waals surface area (Å²) in [6.45, 7) is 3.25. The fourth-order valence-corrected chi connectivity index (χ4v) is 5.63. The number of carbonyl (C=O) groups excluding carboxylic acids is 2. The van der Waals surface area contributed by atoms with Crippen LogP contribution in [0.4, 0.5) is 0 Å². The van der Waals surface area contributed by atoms with Crippen molar-refractivity contribution in [1.82, 2.24) is 15.8 Å². The SMILES string of the molecule is CC(C)(N)C(=O)NC(CCCc1ccccc1)C(=O)NN1[C@@H]2CC[C@H]1CC(c1ccccc1C(=O)O)C2. The minimum atomic E-state index is -1.09. The first-order valence-corrected chi connectivity index (χ1v) is 13.2. The zero-order valence-electron chi connectivity index (χ0n) is 21.7. The molecule has 0 saturated carbocycles. The summed E-state index contributed by atoms with van der Waals surface area (Å²) in [7, 11) is 0. The Morgan fingerprint density at radius 2 is 1.65 bits per heavy atom. The van der Waals surface area contributed by atoms with Gasteiger partial charge in [0.05, 0.1) is 11.1 Å². The number of nitrogens with one attached hydrogen (secondary N) is 2. The van der Waals surface area contributed by atoms with Gasteiger partial charge in [0.15, 0.2) is 0 Å². The molecule has 4 atom stereocenters. The highest BCUT2D eigenvalue weighted by molar-refractivity contribution is 5.91. The normalized spacial score (nSPS) is 22.3. The number of fused-ring (bicyclic) bond motifs is 2. The molecule has 2 amide bonds. The Balaban J connectivity index is 1.42. The monoisotopic (exact) mass is 506 g/mol. The molecule has 2 aromatic rings. The smallest absolute Gasteiger partial charge is 0.335 e. The van der Waals surface area contributed by atoms with E-state index in [0.29, 0.717) is 12.0 Å². The molecule has 4 rings (SSSR count). The van der Waals surface area contributed by atoms with Gasteiger partial charge in [0, 0.05) is 12.1 Å². The molecule has 2 aromatic carbocycles. The number of carboxylic acid groups (broad SMARTS) is 1. The topological polar surface area (TPSA) is 125 Å². The van der Waals surface area contributed by atoms with Gasteiger partial charge in [-0.05, 0) is 81.9 Å². The van der Waals surface area contributed by atoms with Crippen molar-refractivity contribution < 1.29 is 19.5 Å². The minimum Gasteiger partial charge on any atom is -0.478 e. The van der Waals surface area contributed by atoms with Crippen LogP contribution in [0.3, 0.4) is 0 Å². The highest BCUT2D eigenvalue weighted by Crippen LogP contribution is 2.43. The first-order valence-electron chi connectivity index (χ1n) is 13.2. The summed E-state index contributed by atoms with van der Waals surface area (Å²) >= 11 is 0. The maximum absolute atomic E-state index is 13.4. The van der Waals surface area contributed by atoms with Crippen molar-refractivity contribution in [3.63, 3.8) is 0 Å². The number of carbonyl (C=O) groups is 3. The standard InChI is InChI=1S/C29H38N4O4/c1-29(2,30)28(37)31-25(14-8-11-19-9-4-3-5-10-19)26(34)32-33-21-15-16-22(33)18-20(17-21)23-12-6-7-13-24(23)27(35)36/h3-7,9-10,12-13,20-22,25H,8,11,14-18,30H2,1-2H3,(H,31,37)(H,32,34)(H,35,36)/t20?,21-,22+,25?. The molecule has 2 aliphatic heterocycles. The lowest BCUT2D eigenvalue weighted by molar-refractivity contribution is -0.135. The molecule has 2 heterocycles. The Bertz CT molecular complexity index is 1100. The number of amides is 2. The Morgan fingerprint density at radius 3 is 2.27 bits per heavy atom. The van der Waals surface area contributed by atoms with Crippen molar-refractivity contribution in [3.8, 4) is 0 Å². The molecule has 0 radical (unpaired) electrons. The Morgan fingerprint density at radius 1 is 1.03 bits per heavy atom. The Hall–Kier alpha value is -3.23. The van der Waals surface area contributed by atoms with E-state index < -0.39 is 17.6 Å².